The van der Waals surface area contributed by atoms with E-state index in [1.165, 1.54) is 17.8 Å². The topological polar surface area (TPSA) is 131 Å². The second kappa shape index (κ2) is 6.27. The molecule has 0 aliphatic heterocycles. The highest BCUT2D eigenvalue weighted by molar-refractivity contribution is 7.89. The number of sulfonamides is 1. The number of aryl methyl sites for hydroxylation is 1. The number of carbonyl (C=O) groups is 2. The van der Waals surface area contributed by atoms with Gasteiger partial charge in [0.15, 0.2) is 0 Å². The highest BCUT2D eigenvalue weighted by atomic mass is 32.2. The molecular formula is C12H19N3O5S. The number of aromatic nitrogens is 1. The average Bonchev–Trinajstić information content (AvgIpc) is 2.71. The van der Waals surface area contributed by atoms with Crippen LogP contribution in [-0.4, -0.2) is 36.5 Å². The maximum absolute atomic E-state index is 12.1. The normalized spacial score (nSPS) is 13.3. The lowest BCUT2D eigenvalue weighted by molar-refractivity contribution is -0.142. The number of amides is 1. The number of aliphatic carboxylic acids is 1. The van der Waals surface area contributed by atoms with E-state index in [4.69, 9.17) is 10.8 Å². The van der Waals surface area contributed by atoms with Gasteiger partial charge in [0.1, 0.15) is 10.6 Å². The Labute approximate surface area is 123 Å². The van der Waals surface area contributed by atoms with Crippen molar-refractivity contribution in [2.45, 2.75) is 18.7 Å². The molecule has 0 radical (unpaired) electrons. The first-order valence-electron chi connectivity index (χ1n) is 6.25. The molecule has 0 aromatic carbocycles. The number of nitrogens with two attached hydrogens (primary N) is 1. The first kappa shape index (κ1) is 17.2. The quantitative estimate of drug-likeness (QED) is 0.638. The zero-order chi connectivity index (χ0) is 16.4. The fourth-order valence-corrected chi connectivity index (χ4v) is 2.95. The van der Waals surface area contributed by atoms with E-state index in [9.17, 15) is 18.0 Å². The minimum Gasteiger partial charge on any atom is -0.481 e. The Morgan fingerprint density at radius 1 is 1.43 bits per heavy atom. The third kappa shape index (κ3) is 4.05. The molecule has 4 N–H and O–H groups in total. The first-order valence-corrected chi connectivity index (χ1v) is 7.73. The Hall–Kier alpha value is -1.87. The molecule has 1 aromatic heterocycles. The molecule has 0 bridgehead atoms. The van der Waals surface area contributed by atoms with Crippen LogP contribution in [-0.2, 0) is 21.9 Å². The average molecular weight is 317 g/mol. The van der Waals surface area contributed by atoms with Gasteiger partial charge in [0.2, 0.25) is 10.0 Å². The van der Waals surface area contributed by atoms with Crippen molar-refractivity contribution in [1.82, 2.24) is 9.29 Å². The van der Waals surface area contributed by atoms with Gasteiger partial charge in [-0.05, 0) is 12.0 Å². The van der Waals surface area contributed by atoms with E-state index in [0.717, 1.165) is 6.07 Å². The van der Waals surface area contributed by atoms with Gasteiger partial charge in [0.05, 0.1) is 5.92 Å². The highest BCUT2D eigenvalue weighted by Crippen LogP contribution is 2.15. The van der Waals surface area contributed by atoms with E-state index in [-0.39, 0.29) is 23.1 Å². The van der Waals surface area contributed by atoms with Gasteiger partial charge in [-0.1, -0.05) is 13.8 Å². The zero-order valence-electron chi connectivity index (χ0n) is 12.0. The van der Waals surface area contributed by atoms with Crippen molar-refractivity contribution in [3.05, 3.63) is 18.0 Å². The Bertz CT molecular complexity index is 648. The summed E-state index contributed by atoms with van der Waals surface area (Å²) in [6, 6.07) is 1.15. The van der Waals surface area contributed by atoms with Crippen LogP contribution in [0.1, 0.15) is 24.3 Å². The van der Waals surface area contributed by atoms with Crippen molar-refractivity contribution in [3.8, 4) is 0 Å². The standard InChI is InChI=1S/C12H19N3O5S/c1-7(2)9(12(17)18)5-14-21(19,20)8-4-10(11(13)16)15(3)6-8/h4,6-7,9,14H,5H2,1-3H3,(H2,13,16)(H,17,18). The first-order chi connectivity index (χ1) is 9.56. The van der Waals surface area contributed by atoms with Crippen LogP contribution >= 0.6 is 0 Å². The molecular weight excluding hydrogens is 298 g/mol. The molecule has 21 heavy (non-hydrogen) atoms. The van der Waals surface area contributed by atoms with E-state index < -0.39 is 27.8 Å². The van der Waals surface area contributed by atoms with E-state index in [0.29, 0.717) is 0 Å². The van der Waals surface area contributed by atoms with E-state index in [1.807, 2.05) is 0 Å². The summed E-state index contributed by atoms with van der Waals surface area (Å²) < 4.78 is 27.7. The van der Waals surface area contributed by atoms with E-state index >= 15 is 0 Å². The van der Waals surface area contributed by atoms with Crippen molar-refractivity contribution >= 4 is 21.9 Å². The maximum atomic E-state index is 12.1. The molecule has 1 unspecified atom stereocenters. The van der Waals surface area contributed by atoms with Crippen molar-refractivity contribution in [3.63, 3.8) is 0 Å². The molecule has 1 heterocycles. The van der Waals surface area contributed by atoms with Gasteiger partial charge < -0.3 is 15.4 Å². The molecule has 1 atom stereocenters. The summed E-state index contributed by atoms with van der Waals surface area (Å²) in [4.78, 5) is 22.0. The van der Waals surface area contributed by atoms with E-state index in [2.05, 4.69) is 4.72 Å². The smallest absolute Gasteiger partial charge is 0.308 e. The molecule has 8 nitrogen and oxygen atoms in total. The molecule has 1 aromatic rings. The summed E-state index contributed by atoms with van der Waals surface area (Å²) in [6.07, 6.45) is 1.24. The fraction of sp³-hybridized carbons (Fsp3) is 0.500. The number of nitrogens with zero attached hydrogens (tertiary/aromatic N) is 1. The number of carboxylic acids is 1. The van der Waals surface area contributed by atoms with Crippen molar-refractivity contribution in [1.29, 1.82) is 0 Å². The minimum atomic E-state index is -3.90. The fourth-order valence-electron chi connectivity index (χ4n) is 1.82. The molecule has 0 saturated carbocycles. The number of carbonyl (C=O) groups excluding carboxylic acids is 1. The third-order valence-corrected chi connectivity index (χ3v) is 4.55. The van der Waals surface area contributed by atoms with Crippen LogP contribution in [0.5, 0.6) is 0 Å². The largest absolute Gasteiger partial charge is 0.481 e. The molecule has 0 spiro atoms. The van der Waals surface area contributed by atoms with Gasteiger partial charge in [-0.2, -0.15) is 0 Å². The van der Waals surface area contributed by atoms with Crippen molar-refractivity contribution in [2.24, 2.45) is 24.6 Å². The summed E-state index contributed by atoms with van der Waals surface area (Å²) in [7, 11) is -2.41. The van der Waals surface area contributed by atoms with Crippen molar-refractivity contribution < 1.29 is 23.1 Å². The molecule has 9 heteroatoms. The van der Waals surface area contributed by atoms with Gasteiger partial charge >= 0.3 is 5.97 Å². The van der Waals surface area contributed by atoms with Crippen LogP contribution in [0.3, 0.4) is 0 Å². The van der Waals surface area contributed by atoms with Gasteiger partial charge in [-0.25, -0.2) is 13.1 Å². The van der Waals surface area contributed by atoms with Crippen LogP contribution in [0.25, 0.3) is 0 Å². The SMILES string of the molecule is CC(C)C(CNS(=O)(=O)c1cc(C(N)=O)n(C)c1)C(=O)O. The lowest BCUT2D eigenvalue weighted by atomic mass is 9.97. The van der Waals surface area contributed by atoms with Gasteiger partial charge in [-0.15, -0.1) is 0 Å². The zero-order valence-corrected chi connectivity index (χ0v) is 12.8. The Morgan fingerprint density at radius 3 is 2.38 bits per heavy atom. The van der Waals surface area contributed by atoms with Crippen LogP contribution in [0.2, 0.25) is 0 Å². The monoisotopic (exact) mass is 317 g/mol. The summed E-state index contributed by atoms with van der Waals surface area (Å²) >= 11 is 0. The predicted octanol–water partition coefficient (Wildman–Crippen LogP) is -0.241. The molecule has 1 rings (SSSR count). The van der Waals surface area contributed by atoms with E-state index in [1.54, 1.807) is 13.8 Å². The second-order valence-corrected chi connectivity index (χ2v) is 6.84. The summed E-state index contributed by atoms with van der Waals surface area (Å²) in [5, 5.41) is 9.03. The third-order valence-electron chi connectivity index (χ3n) is 3.16. The second-order valence-electron chi connectivity index (χ2n) is 5.08. The number of nitrogens with one attached hydrogen (secondary N) is 1. The maximum Gasteiger partial charge on any atom is 0.308 e. The Kier molecular flexibility index (Phi) is 5.13. The number of hydrogen-bond donors (Lipinski definition) is 3. The van der Waals surface area contributed by atoms with Crippen LogP contribution in [0.4, 0.5) is 0 Å². The van der Waals surface area contributed by atoms with Crippen molar-refractivity contribution in [2.75, 3.05) is 6.54 Å². The summed E-state index contributed by atoms with van der Waals surface area (Å²) in [5.41, 5.74) is 5.17. The number of carboxylic acid groups (broad SMARTS) is 1. The Balaban J connectivity index is 2.94. The van der Waals surface area contributed by atoms with Crippen LogP contribution in [0.15, 0.2) is 17.2 Å². The number of primary amides is 1. The Morgan fingerprint density at radius 2 is 2.00 bits per heavy atom. The number of hydrogen-bond acceptors (Lipinski definition) is 4. The molecule has 0 aliphatic carbocycles. The highest BCUT2D eigenvalue weighted by Gasteiger charge is 2.25. The minimum absolute atomic E-state index is 0.0500. The molecule has 0 fully saturated rings. The molecule has 118 valence electrons. The lowest BCUT2D eigenvalue weighted by Gasteiger charge is -2.16. The van der Waals surface area contributed by atoms with Gasteiger partial charge in [-0.3, -0.25) is 9.59 Å². The molecule has 0 aliphatic rings. The van der Waals surface area contributed by atoms with Crippen LogP contribution < -0.4 is 10.5 Å². The molecule has 0 saturated heterocycles. The lowest BCUT2D eigenvalue weighted by Crippen LogP contribution is -2.35. The number of rotatable bonds is 7. The van der Waals surface area contributed by atoms with Gasteiger partial charge in [0.25, 0.3) is 5.91 Å². The summed E-state index contributed by atoms with van der Waals surface area (Å²) in [6.45, 7) is 3.16. The predicted molar refractivity (Wildman–Crippen MR) is 75.1 cm³/mol. The summed E-state index contributed by atoms with van der Waals surface area (Å²) in [5.74, 6) is -2.87. The van der Waals surface area contributed by atoms with Gasteiger partial charge in [0, 0.05) is 19.8 Å². The molecule has 1 amide bonds. The van der Waals surface area contributed by atoms with Crippen LogP contribution in [0, 0.1) is 11.8 Å².